The zero-order valence-electron chi connectivity index (χ0n) is 17.4. The van der Waals surface area contributed by atoms with Crippen LogP contribution in [0.3, 0.4) is 0 Å². The summed E-state index contributed by atoms with van der Waals surface area (Å²) < 4.78 is 31.8. The minimum absolute atomic E-state index is 0. The summed E-state index contributed by atoms with van der Waals surface area (Å²) in [5.74, 6) is 0.512. The summed E-state index contributed by atoms with van der Waals surface area (Å²) in [6.07, 6.45) is 1.39. The summed E-state index contributed by atoms with van der Waals surface area (Å²) in [6, 6.07) is 16.1. The SMILES string of the molecule is COc1cccc(Nc2nc(NCc3ccnc(F)c3)nc(Nc3ccc(F)cc3)n2)c1.Cl. The molecule has 4 rings (SSSR count). The number of hydrogen-bond donors (Lipinski definition) is 3. The molecule has 4 aromatic rings. The van der Waals surface area contributed by atoms with E-state index in [0.717, 1.165) is 0 Å². The standard InChI is InChI=1S/C22H19F2N7O.ClH/c1-32-18-4-2-3-17(12-18)28-22-30-20(26-13-14-9-10-25-19(24)11-14)29-21(31-22)27-16-7-5-15(23)6-8-16;/h2-12H,13H2,1H3,(H3,26,27,28,29,30,31);1H. The molecule has 3 N–H and O–H groups in total. The highest BCUT2D eigenvalue weighted by Gasteiger charge is 2.09. The molecule has 2 aromatic carbocycles. The Bertz CT molecular complexity index is 1210. The second-order valence-electron chi connectivity index (χ2n) is 6.64. The second kappa shape index (κ2) is 11.0. The van der Waals surface area contributed by atoms with Crippen molar-refractivity contribution in [2.45, 2.75) is 6.54 Å². The molecular weight excluding hydrogens is 452 g/mol. The predicted molar refractivity (Wildman–Crippen MR) is 125 cm³/mol. The Morgan fingerprint density at radius 1 is 0.818 bits per heavy atom. The minimum atomic E-state index is -0.570. The lowest BCUT2D eigenvalue weighted by Crippen LogP contribution is -2.10. The van der Waals surface area contributed by atoms with E-state index in [4.69, 9.17) is 4.74 Å². The van der Waals surface area contributed by atoms with Crippen molar-refractivity contribution in [1.29, 1.82) is 0 Å². The van der Waals surface area contributed by atoms with Crippen LogP contribution in [0, 0.1) is 11.8 Å². The first-order valence-electron chi connectivity index (χ1n) is 9.61. The molecule has 8 nitrogen and oxygen atoms in total. The van der Waals surface area contributed by atoms with E-state index in [2.05, 4.69) is 35.9 Å². The number of nitrogens with zero attached hydrogens (tertiary/aromatic N) is 4. The molecule has 0 fully saturated rings. The van der Waals surface area contributed by atoms with Crippen molar-refractivity contribution < 1.29 is 13.5 Å². The Morgan fingerprint density at radius 2 is 1.52 bits per heavy atom. The highest BCUT2D eigenvalue weighted by Crippen LogP contribution is 2.22. The number of aromatic nitrogens is 4. The second-order valence-corrected chi connectivity index (χ2v) is 6.64. The number of rotatable bonds is 8. The number of halogens is 3. The van der Waals surface area contributed by atoms with Gasteiger partial charge in [0, 0.05) is 30.2 Å². The van der Waals surface area contributed by atoms with E-state index < -0.39 is 5.95 Å². The monoisotopic (exact) mass is 471 g/mol. The van der Waals surface area contributed by atoms with Crippen LogP contribution in [-0.2, 0) is 6.54 Å². The summed E-state index contributed by atoms with van der Waals surface area (Å²) >= 11 is 0. The molecule has 0 radical (unpaired) electrons. The van der Waals surface area contributed by atoms with Crippen LogP contribution < -0.4 is 20.7 Å². The largest absolute Gasteiger partial charge is 0.497 e. The fourth-order valence-corrected chi connectivity index (χ4v) is 2.79. The molecule has 0 aliphatic carbocycles. The number of ether oxygens (including phenoxy) is 1. The summed E-state index contributed by atoms with van der Waals surface area (Å²) in [5, 5.41) is 9.18. The van der Waals surface area contributed by atoms with E-state index in [-0.39, 0.29) is 42.6 Å². The molecule has 0 bridgehead atoms. The molecule has 2 aromatic heterocycles. The number of nitrogens with one attached hydrogen (secondary N) is 3. The van der Waals surface area contributed by atoms with Crippen LogP contribution in [0.1, 0.15) is 5.56 Å². The summed E-state index contributed by atoms with van der Waals surface area (Å²) in [6.45, 7) is 0.276. The fourth-order valence-electron chi connectivity index (χ4n) is 2.79. The van der Waals surface area contributed by atoms with E-state index in [1.807, 2.05) is 18.2 Å². The molecule has 0 atom stereocenters. The Labute approximate surface area is 194 Å². The van der Waals surface area contributed by atoms with Gasteiger partial charge in [0.25, 0.3) is 0 Å². The molecule has 0 amide bonds. The highest BCUT2D eigenvalue weighted by molar-refractivity contribution is 5.85. The normalized spacial score (nSPS) is 10.2. The first-order valence-corrected chi connectivity index (χ1v) is 9.61. The zero-order chi connectivity index (χ0) is 22.3. The molecule has 170 valence electrons. The first-order chi connectivity index (χ1) is 15.6. The minimum Gasteiger partial charge on any atom is -0.497 e. The summed E-state index contributed by atoms with van der Waals surface area (Å²) in [7, 11) is 1.58. The maximum Gasteiger partial charge on any atom is 0.233 e. The average Bonchev–Trinajstić information content (AvgIpc) is 2.79. The van der Waals surface area contributed by atoms with Gasteiger partial charge in [-0.1, -0.05) is 6.07 Å². The molecule has 0 aliphatic heterocycles. The number of methoxy groups -OCH3 is 1. The molecule has 11 heteroatoms. The number of hydrogen-bond acceptors (Lipinski definition) is 8. The van der Waals surface area contributed by atoms with Crippen molar-refractivity contribution in [3.05, 3.63) is 84.2 Å². The van der Waals surface area contributed by atoms with Crippen LogP contribution in [0.15, 0.2) is 66.9 Å². The van der Waals surface area contributed by atoms with Gasteiger partial charge >= 0.3 is 0 Å². The maximum atomic E-state index is 13.4. The summed E-state index contributed by atoms with van der Waals surface area (Å²) in [5.41, 5.74) is 1.99. The average molecular weight is 472 g/mol. The van der Waals surface area contributed by atoms with Crippen LogP contribution in [0.2, 0.25) is 0 Å². The van der Waals surface area contributed by atoms with Gasteiger partial charge in [0.2, 0.25) is 23.8 Å². The van der Waals surface area contributed by atoms with Crippen molar-refractivity contribution in [2.24, 2.45) is 0 Å². The van der Waals surface area contributed by atoms with Crippen molar-refractivity contribution in [3.8, 4) is 5.75 Å². The van der Waals surface area contributed by atoms with Crippen molar-refractivity contribution in [3.63, 3.8) is 0 Å². The molecule has 0 saturated carbocycles. The molecular formula is C22H20ClF2N7O. The lowest BCUT2D eigenvalue weighted by molar-refractivity contribution is 0.415. The van der Waals surface area contributed by atoms with Crippen LogP contribution >= 0.6 is 12.4 Å². The number of pyridine rings is 1. The third-order valence-corrected chi connectivity index (χ3v) is 4.30. The van der Waals surface area contributed by atoms with E-state index in [9.17, 15) is 8.78 Å². The van der Waals surface area contributed by atoms with E-state index in [1.54, 1.807) is 31.4 Å². The Morgan fingerprint density at radius 3 is 2.21 bits per heavy atom. The van der Waals surface area contributed by atoms with Gasteiger partial charge in [-0.05, 0) is 54.1 Å². The van der Waals surface area contributed by atoms with Gasteiger partial charge < -0.3 is 20.7 Å². The first kappa shape index (κ1) is 23.6. The van der Waals surface area contributed by atoms with Gasteiger partial charge in [0.15, 0.2) is 0 Å². The van der Waals surface area contributed by atoms with Gasteiger partial charge in [-0.3, -0.25) is 0 Å². The predicted octanol–water partition coefficient (Wildman–Crippen LogP) is 5.07. The van der Waals surface area contributed by atoms with E-state index in [1.165, 1.54) is 24.4 Å². The third-order valence-electron chi connectivity index (χ3n) is 4.30. The zero-order valence-corrected chi connectivity index (χ0v) is 18.2. The van der Waals surface area contributed by atoms with Gasteiger partial charge in [-0.25, -0.2) is 9.37 Å². The third kappa shape index (κ3) is 6.71. The lowest BCUT2D eigenvalue weighted by atomic mass is 10.3. The van der Waals surface area contributed by atoms with Crippen molar-refractivity contribution in [1.82, 2.24) is 19.9 Å². The van der Waals surface area contributed by atoms with Crippen LogP contribution in [0.5, 0.6) is 5.75 Å². The smallest absolute Gasteiger partial charge is 0.233 e. The van der Waals surface area contributed by atoms with Gasteiger partial charge in [0.05, 0.1) is 7.11 Å². The Hall–Kier alpha value is -4.05. The van der Waals surface area contributed by atoms with Crippen LogP contribution in [-0.4, -0.2) is 27.0 Å². The van der Waals surface area contributed by atoms with Gasteiger partial charge in [-0.15, -0.1) is 12.4 Å². The Kier molecular flexibility index (Phi) is 7.87. The lowest BCUT2D eigenvalue weighted by Gasteiger charge is -2.12. The molecule has 0 saturated heterocycles. The van der Waals surface area contributed by atoms with Crippen LogP contribution in [0.4, 0.5) is 38.0 Å². The van der Waals surface area contributed by atoms with Crippen molar-refractivity contribution >= 4 is 41.6 Å². The quantitative estimate of drug-likeness (QED) is 0.306. The molecule has 33 heavy (non-hydrogen) atoms. The highest BCUT2D eigenvalue weighted by atomic mass is 35.5. The molecule has 0 spiro atoms. The number of benzene rings is 2. The maximum absolute atomic E-state index is 13.4. The molecule has 0 unspecified atom stereocenters. The Balaban J connectivity index is 0.00000306. The molecule has 2 heterocycles. The van der Waals surface area contributed by atoms with Gasteiger partial charge in [0.1, 0.15) is 11.6 Å². The fraction of sp³-hybridized carbons (Fsp3) is 0.0909. The summed E-state index contributed by atoms with van der Waals surface area (Å²) in [4.78, 5) is 16.7. The van der Waals surface area contributed by atoms with Crippen molar-refractivity contribution in [2.75, 3.05) is 23.1 Å². The number of anilines is 5. The van der Waals surface area contributed by atoms with Crippen LogP contribution in [0.25, 0.3) is 0 Å². The topological polar surface area (TPSA) is 96.9 Å². The molecule has 0 aliphatic rings. The van der Waals surface area contributed by atoms with E-state index >= 15 is 0 Å². The van der Waals surface area contributed by atoms with E-state index in [0.29, 0.717) is 22.7 Å². The van der Waals surface area contributed by atoms with Gasteiger partial charge in [-0.2, -0.15) is 19.3 Å².